The number of benzene rings is 3. The molecule has 1 aliphatic carbocycles. The summed E-state index contributed by atoms with van der Waals surface area (Å²) in [5.41, 5.74) is 4.24. The lowest BCUT2D eigenvalue weighted by atomic mass is 9.82. The van der Waals surface area contributed by atoms with Crippen molar-refractivity contribution in [1.29, 1.82) is 0 Å². The number of anilines is 5. The van der Waals surface area contributed by atoms with E-state index in [0.717, 1.165) is 18.5 Å². The summed E-state index contributed by atoms with van der Waals surface area (Å²) < 4.78 is 67.7. The SMILES string of the molecule is Nc1c(S(=O)(=O)O)cc(Nc2ccc(S(=O)(=O)O)c(Nc3ncnc(Cl)n3)c2)c2c1C(=O)c1ccccc1C2=O. The van der Waals surface area contributed by atoms with E-state index in [0.29, 0.717) is 0 Å². The molecule has 0 amide bonds. The molecule has 0 aliphatic heterocycles. The third kappa shape index (κ3) is 4.85. The lowest BCUT2D eigenvalue weighted by molar-refractivity contribution is 0.0980. The molecule has 1 aliphatic rings. The number of carbonyl (C=O) groups excluding carboxylic acids is 2. The van der Waals surface area contributed by atoms with Crippen LogP contribution in [0.15, 0.2) is 64.6 Å². The second-order valence-electron chi connectivity index (χ2n) is 8.28. The molecule has 0 unspecified atom stereocenters. The number of aromatic nitrogens is 3. The fourth-order valence-corrected chi connectivity index (χ4v) is 5.55. The molecule has 5 rings (SSSR count). The highest BCUT2D eigenvalue weighted by Gasteiger charge is 2.36. The smallest absolute Gasteiger partial charge is 0.296 e. The summed E-state index contributed by atoms with van der Waals surface area (Å²) in [7, 11) is -9.74. The Kier molecular flexibility index (Phi) is 6.51. The molecule has 14 nitrogen and oxygen atoms in total. The van der Waals surface area contributed by atoms with Gasteiger partial charge in [0.1, 0.15) is 16.1 Å². The van der Waals surface area contributed by atoms with E-state index in [1.54, 1.807) is 0 Å². The first-order valence-corrected chi connectivity index (χ1v) is 14.1. The van der Waals surface area contributed by atoms with Crippen molar-refractivity contribution in [3.8, 4) is 0 Å². The molecule has 0 atom stereocenters. The summed E-state index contributed by atoms with van der Waals surface area (Å²) in [6.45, 7) is 0. The maximum absolute atomic E-state index is 13.5. The zero-order valence-electron chi connectivity index (χ0n) is 19.7. The standard InChI is InChI=1S/C23H15ClN6O8S2/c24-22-26-9-27-23(30-22)29-13-7-10(5-6-15(13)39(33,34)35)28-14-8-16(40(36,37)38)19(25)18-17(14)20(31)11-3-1-2-4-12(11)21(18)32/h1-9,28H,25H2,(H,33,34,35)(H,36,37,38)(H,26,27,29,30). The minimum Gasteiger partial charge on any atom is -0.397 e. The van der Waals surface area contributed by atoms with Gasteiger partial charge in [0, 0.05) is 16.8 Å². The molecule has 0 saturated heterocycles. The van der Waals surface area contributed by atoms with Crippen LogP contribution in [-0.2, 0) is 20.2 Å². The van der Waals surface area contributed by atoms with Gasteiger partial charge >= 0.3 is 0 Å². The molecule has 0 saturated carbocycles. The molecule has 1 aromatic heterocycles. The first kappa shape index (κ1) is 27.1. The van der Waals surface area contributed by atoms with Gasteiger partial charge in [-0.05, 0) is 35.9 Å². The third-order valence-electron chi connectivity index (χ3n) is 5.80. The lowest BCUT2D eigenvalue weighted by Crippen LogP contribution is -2.25. The number of halogens is 1. The van der Waals surface area contributed by atoms with Crippen LogP contribution in [0.1, 0.15) is 31.8 Å². The van der Waals surface area contributed by atoms with E-state index >= 15 is 0 Å². The lowest BCUT2D eigenvalue weighted by Gasteiger charge is -2.24. The molecule has 17 heteroatoms. The van der Waals surface area contributed by atoms with Crippen LogP contribution < -0.4 is 16.4 Å². The molecule has 3 aromatic carbocycles. The molecular formula is C23H15ClN6O8S2. The van der Waals surface area contributed by atoms with Gasteiger partial charge in [-0.1, -0.05) is 24.3 Å². The van der Waals surface area contributed by atoms with E-state index in [9.17, 15) is 35.5 Å². The topological polar surface area (TPSA) is 232 Å². The Morgan fingerprint density at radius 2 is 1.40 bits per heavy atom. The van der Waals surface area contributed by atoms with E-state index in [1.807, 2.05) is 0 Å². The van der Waals surface area contributed by atoms with Crippen LogP contribution in [0.3, 0.4) is 0 Å². The number of rotatable bonds is 6. The van der Waals surface area contributed by atoms with Crippen LogP contribution in [0.5, 0.6) is 0 Å². The Bertz CT molecular complexity index is 1980. The molecular weight excluding hydrogens is 588 g/mol. The molecule has 4 aromatic rings. The highest BCUT2D eigenvalue weighted by molar-refractivity contribution is 7.86. The second-order valence-corrected chi connectivity index (χ2v) is 11.4. The van der Waals surface area contributed by atoms with E-state index < -0.39 is 52.8 Å². The number of nitrogens with two attached hydrogens (primary N) is 1. The number of nitrogen functional groups attached to an aromatic ring is 1. The van der Waals surface area contributed by atoms with Crippen molar-refractivity contribution < 1.29 is 35.5 Å². The van der Waals surface area contributed by atoms with Gasteiger partial charge in [-0.3, -0.25) is 18.7 Å². The summed E-state index contributed by atoms with van der Waals surface area (Å²) in [4.78, 5) is 36.6. The number of ketones is 2. The summed E-state index contributed by atoms with van der Waals surface area (Å²) in [5.74, 6) is -1.58. The molecule has 0 spiro atoms. The monoisotopic (exact) mass is 602 g/mol. The minimum atomic E-state index is -4.97. The molecule has 6 N–H and O–H groups in total. The zero-order chi connectivity index (χ0) is 29.0. The summed E-state index contributed by atoms with van der Waals surface area (Å²) >= 11 is 5.75. The van der Waals surface area contributed by atoms with Gasteiger partial charge in [0.25, 0.3) is 20.2 Å². The first-order valence-electron chi connectivity index (χ1n) is 10.9. The Hall–Kier alpha value is -4.48. The number of carbonyl (C=O) groups is 2. The number of hydrogen-bond acceptors (Lipinski definition) is 12. The second kappa shape index (κ2) is 9.61. The minimum absolute atomic E-state index is 0.00913. The predicted octanol–water partition coefficient (Wildman–Crippen LogP) is 2.86. The Labute approximate surface area is 230 Å². The maximum atomic E-state index is 13.5. The van der Waals surface area contributed by atoms with Gasteiger partial charge in [-0.25, -0.2) is 9.97 Å². The highest BCUT2D eigenvalue weighted by atomic mass is 35.5. The van der Waals surface area contributed by atoms with Crippen LogP contribution in [0.2, 0.25) is 5.28 Å². The summed E-state index contributed by atoms with van der Waals surface area (Å²) in [6.07, 6.45) is 1.05. The number of nitrogens with one attached hydrogen (secondary N) is 2. The number of hydrogen-bond donors (Lipinski definition) is 5. The average Bonchev–Trinajstić information content (AvgIpc) is 2.87. The van der Waals surface area contributed by atoms with E-state index in [-0.39, 0.29) is 45.0 Å². The number of nitrogens with zero attached hydrogens (tertiary/aromatic N) is 3. The summed E-state index contributed by atoms with van der Waals surface area (Å²) in [5, 5.41) is 5.14. The van der Waals surface area contributed by atoms with Gasteiger partial charge in [0.2, 0.25) is 11.2 Å². The van der Waals surface area contributed by atoms with Crippen LogP contribution in [0.4, 0.5) is 28.7 Å². The molecule has 0 radical (unpaired) electrons. The highest BCUT2D eigenvalue weighted by Crippen LogP contribution is 2.40. The zero-order valence-corrected chi connectivity index (χ0v) is 22.0. The fraction of sp³-hybridized carbons (Fsp3) is 0. The van der Waals surface area contributed by atoms with Crippen molar-refractivity contribution in [2.75, 3.05) is 16.4 Å². The summed E-state index contributed by atoms with van der Waals surface area (Å²) in [6, 6.07) is 10.1. The van der Waals surface area contributed by atoms with Crippen molar-refractivity contribution in [3.05, 3.63) is 82.4 Å². The fourth-order valence-electron chi connectivity index (χ4n) is 4.15. The van der Waals surface area contributed by atoms with Crippen LogP contribution >= 0.6 is 11.6 Å². The van der Waals surface area contributed by atoms with Gasteiger partial charge < -0.3 is 16.4 Å². The van der Waals surface area contributed by atoms with Crippen LogP contribution in [-0.4, -0.2) is 52.5 Å². The van der Waals surface area contributed by atoms with E-state index in [1.165, 1.54) is 36.4 Å². The Balaban J connectivity index is 1.69. The van der Waals surface area contributed by atoms with Crippen LogP contribution in [0, 0.1) is 0 Å². The van der Waals surface area contributed by atoms with Gasteiger partial charge in [-0.2, -0.15) is 21.8 Å². The van der Waals surface area contributed by atoms with Crippen molar-refractivity contribution in [2.24, 2.45) is 0 Å². The maximum Gasteiger partial charge on any atom is 0.296 e. The molecule has 40 heavy (non-hydrogen) atoms. The van der Waals surface area contributed by atoms with Crippen molar-refractivity contribution >= 4 is 72.1 Å². The van der Waals surface area contributed by atoms with Crippen molar-refractivity contribution in [3.63, 3.8) is 0 Å². The van der Waals surface area contributed by atoms with Crippen molar-refractivity contribution in [1.82, 2.24) is 15.0 Å². The third-order valence-corrected chi connectivity index (χ3v) is 7.79. The van der Waals surface area contributed by atoms with E-state index in [4.69, 9.17) is 17.3 Å². The Morgan fingerprint density at radius 1 is 0.775 bits per heavy atom. The van der Waals surface area contributed by atoms with E-state index in [2.05, 4.69) is 25.6 Å². The van der Waals surface area contributed by atoms with Gasteiger partial charge in [0.05, 0.1) is 28.2 Å². The molecule has 0 bridgehead atoms. The normalized spacial score (nSPS) is 13.0. The molecule has 0 fully saturated rings. The Morgan fingerprint density at radius 3 is 2.00 bits per heavy atom. The quantitative estimate of drug-likeness (QED) is 0.139. The van der Waals surface area contributed by atoms with Crippen molar-refractivity contribution in [2.45, 2.75) is 9.79 Å². The number of fused-ring (bicyclic) bond motifs is 2. The predicted molar refractivity (Wildman–Crippen MR) is 142 cm³/mol. The first-order chi connectivity index (χ1) is 18.8. The molecule has 1 heterocycles. The molecule has 204 valence electrons. The van der Waals surface area contributed by atoms with Gasteiger partial charge in [0.15, 0.2) is 11.6 Å². The van der Waals surface area contributed by atoms with Crippen LogP contribution in [0.25, 0.3) is 0 Å². The van der Waals surface area contributed by atoms with Gasteiger partial charge in [-0.15, -0.1) is 0 Å². The average molecular weight is 603 g/mol. The largest absolute Gasteiger partial charge is 0.397 e.